The molecule has 1 amide bonds. The predicted octanol–water partition coefficient (Wildman–Crippen LogP) is 3.33. The van der Waals surface area contributed by atoms with Crippen LogP contribution in [0.1, 0.15) is 22.6 Å². The Bertz CT molecular complexity index is 1120. The van der Waals surface area contributed by atoms with Crippen LogP contribution in [-0.4, -0.2) is 25.1 Å². The van der Waals surface area contributed by atoms with Crippen LogP contribution in [0.25, 0.3) is 11.5 Å². The molecule has 0 spiro atoms. The lowest BCUT2D eigenvalue weighted by Gasteiger charge is -2.06. The molecule has 2 aromatic carbocycles. The summed E-state index contributed by atoms with van der Waals surface area (Å²) in [5.74, 6) is -1.96. The molecule has 1 aromatic heterocycles. The van der Waals surface area contributed by atoms with E-state index >= 15 is 0 Å². The molecule has 0 saturated carbocycles. The maximum atomic E-state index is 13.9. The predicted molar refractivity (Wildman–Crippen MR) is 107 cm³/mol. The lowest BCUT2D eigenvalue weighted by Crippen LogP contribution is -2.30. The smallest absolute Gasteiger partial charge is 0.235 e. The summed E-state index contributed by atoms with van der Waals surface area (Å²) in [6.07, 6.45) is 0. The Morgan fingerprint density at radius 3 is 2.48 bits per heavy atom. The first kappa shape index (κ1) is 20.7. The number of amides is 1. The van der Waals surface area contributed by atoms with E-state index in [1.807, 2.05) is 31.2 Å². The molecular formula is C21H21FN2O4S. The summed E-state index contributed by atoms with van der Waals surface area (Å²) in [5.41, 5.74) is 2.29. The Hall–Kier alpha value is -3.00. The normalized spacial score (nSPS) is 11.4. The molecule has 0 aliphatic rings. The fourth-order valence-corrected chi connectivity index (χ4v) is 4.02. The molecule has 6 nitrogen and oxygen atoms in total. The minimum absolute atomic E-state index is 0.00891. The van der Waals surface area contributed by atoms with Gasteiger partial charge in [0.25, 0.3) is 0 Å². The van der Waals surface area contributed by atoms with Gasteiger partial charge in [-0.05, 0) is 31.5 Å². The van der Waals surface area contributed by atoms with Crippen molar-refractivity contribution >= 4 is 15.7 Å². The molecule has 3 rings (SSSR count). The number of halogens is 1. The van der Waals surface area contributed by atoms with Crippen molar-refractivity contribution < 1.29 is 22.0 Å². The molecule has 0 aliphatic carbocycles. The van der Waals surface area contributed by atoms with E-state index in [-0.39, 0.29) is 29.5 Å². The number of aryl methyl sites for hydroxylation is 2. The molecule has 0 saturated heterocycles. The van der Waals surface area contributed by atoms with Crippen LogP contribution in [0.5, 0.6) is 0 Å². The molecule has 3 aromatic rings. The van der Waals surface area contributed by atoms with Gasteiger partial charge in [-0.15, -0.1) is 0 Å². The maximum Gasteiger partial charge on any atom is 0.235 e. The SMILES string of the molecule is Cc1ccc(CNC(=O)CS(=O)(=O)Cc2nc(-c3ccccc3F)oc2C)cc1. The number of sulfone groups is 1. The van der Waals surface area contributed by atoms with Gasteiger partial charge in [-0.2, -0.15) is 0 Å². The standard InChI is InChI=1S/C21H21FN2O4S/c1-14-7-9-16(10-8-14)11-23-20(25)13-29(26,27)12-19-15(2)28-21(24-19)17-5-3-4-6-18(17)22/h3-10H,11-13H2,1-2H3,(H,23,25). The highest BCUT2D eigenvalue weighted by Crippen LogP contribution is 2.25. The molecule has 1 N–H and O–H groups in total. The Morgan fingerprint density at radius 2 is 1.79 bits per heavy atom. The zero-order chi connectivity index (χ0) is 21.0. The third-order valence-corrected chi connectivity index (χ3v) is 5.73. The molecule has 8 heteroatoms. The summed E-state index contributed by atoms with van der Waals surface area (Å²) in [6, 6.07) is 13.5. The number of carbonyl (C=O) groups is 1. The number of rotatable bonds is 7. The zero-order valence-corrected chi connectivity index (χ0v) is 16.9. The van der Waals surface area contributed by atoms with Crippen LogP contribution in [0, 0.1) is 19.7 Å². The third kappa shape index (κ3) is 5.51. The van der Waals surface area contributed by atoms with Gasteiger partial charge in [0.2, 0.25) is 11.8 Å². The summed E-state index contributed by atoms with van der Waals surface area (Å²) in [5, 5.41) is 2.60. The monoisotopic (exact) mass is 416 g/mol. The van der Waals surface area contributed by atoms with E-state index in [2.05, 4.69) is 10.3 Å². The molecule has 0 bridgehead atoms. The summed E-state index contributed by atoms with van der Waals surface area (Å²) in [6.45, 7) is 3.76. The van der Waals surface area contributed by atoms with Crippen molar-refractivity contribution in [3.63, 3.8) is 0 Å². The number of nitrogens with one attached hydrogen (secondary N) is 1. The van der Waals surface area contributed by atoms with Gasteiger partial charge in [-0.1, -0.05) is 42.0 Å². The summed E-state index contributed by atoms with van der Waals surface area (Å²) < 4.78 is 44.2. The van der Waals surface area contributed by atoms with Crippen molar-refractivity contribution in [3.05, 3.63) is 76.9 Å². The molecule has 0 unspecified atom stereocenters. The highest BCUT2D eigenvalue weighted by molar-refractivity contribution is 7.91. The molecule has 1 heterocycles. The molecule has 0 atom stereocenters. The number of benzene rings is 2. The second-order valence-electron chi connectivity index (χ2n) is 6.80. The number of hydrogen-bond acceptors (Lipinski definition) is 5. The van der Waals surface area contributed by atoms with Crippen LogP contribution in [0.15, 0.2) is 52.9 Å². The largest absolute Gasteiger partial charge is 0.441 e. The minimum Gasteiger partial charge on any atom is -0.441 e. The van der Waals surface area contributed by atoms with Crippen molar-refractivity contribution in [3.8, 4) is 11.5 Å². The van der Waals surface area contributed by atoms with Gasteiger partial charge in [0.05, 0.1) is 17.0 Å². The van der Waals surface area contributed by atoms with Gasteiger partial charge >= 0.3 is 0 Å². The van der Waals surface area contributed by atoms with Gasteiger partial charge in [-0.3, -0.25) is 4.79 Å². The zero-order valence-electron chi connectivity index (χ0n) is 16.1. The molecule has 0 fully saturated rings. The lowest BCUT2D eigenvalue weighted by atomic mass is 10.1. The fraction of sp³-hybridized carbons (Fsp3) is 0.238. The molecular weight excluding hydrogens is 395 g/mol. The Morgan fingerprint density at radius 1 is 1.10 bits per heavy atom. The summed E-state index contributed by atoms with van der Waals surface area (Å²) in [4.78, 5) is 16.2. The maximum absolute atomic E-state index is 13.9. The first-order valence-electron chi connectivity index (χ1n) is 8.97. The topological polar surface area (TPSA) is 89.3 Å². The van der Waals surface area contributed by atoms with Crippen LogP contribution in [0.3, 0.4) is 0 Å². The Labute approximate surface area is 168 Å². The van der Waals surface area contributed by atoms with E-state index in [1.165, 1.54) is 18.2 Å². The van der Waals surface area contributed by atoms with Crippen molar-refractivity contribution in [2.45, 2.75) is 26.1 Å². The van der Waals surface area contributed by atoms with Crippen molar-refractivity contribution in [2.75, 3.05) is 5.75 Å². The van der Waals surface area contributed by atoms with E-state index in [4.69, 9.17) is 4.42 Å². The second kappa shape index (κ2) is 8.57. The van der Waals surface area contributed by atoms with E-state index in [0.717, 1.165) is 11.1 Å². The summed E-state index contributed by atoms with van der Waals surface area (Å²) >= 11 is 0. The molecule has 152 valence electrons. The van der Waals surface area contributed by atoms with E-state index in [0.29, 0.717) is 0 Å². The number of oxazole rings is 1. The molecule has 0 aliphatic heterocycles. The average molecular weight is 416 g/mol. The van der Waals surface area contributed by atoms with Gasteiger partial charge in [0.1, 0.15) is 17.3 Å². The summed E-state index contributed by atoms with van der Waals surface area (Å²) in [7, 11) is -3.77. The van der Waals surface area contributed by atoms with Crippen LogP contribution in [0.4, 0.5) is 4.39 Å². The number of carbonyl (C=O) groups excluding carboxylic acids is 1. The third-order valence-electron chi connectivity index (χ3n) is 4.31. The van der Waals surface area contributed by atoms with Gasteiger partial charge in [-0.25, -0.2) is 17.8 Å². The van der Waals surface area contributed by atoms with Crippen LogP contribution >= 0.6 is 0 Å². The molecule has 0 radical (unpaired) electrons. The fourth-order valence-electron chi connectivity index (χ4n) is 2.73. The quantitative estimate of drug-likeness (QED) is 0.638. The minimum atomic E-state index is -3.77. The van der Waals surface area contributed by atoms with E-state index in [1.54, 1.807) is 13.0 Å². The molecule has 29 heavy (non-hydrogen) atoms. The van der Waals surface area contributed by atoms with Crippen molar-refractivity contribution in [1.29, 1.82) is 0 Å². The van der Waals surface area contributed by atoms with E-state index < -0.39 is 33.1 Å². The van der Waals surface area contributed by atoms with E-state index in [9.17, 15) is 17.6 Å². The number of hydrogen-bond donors (Lipinski definition) is 1. The average Bonchev–Trinajstić information content (AvgIpc) is 3.00. The highest BCUT2D eigenvalue weighted by Gasteiger charge is 2.22. The van der Waals surface area contributed by atoms with Gasteiger partial charge in [0, 0.05) is 6.54 Å². The Balaban J connectivity index is 1.64. The van der Waals surface area contributed by atoms with Crippen LogP contribution in [0.2, 0.25) is 0 Å². The van der Waals surface area contributed by atoms with Crippen LogP contribution in [-0.2, 0) is 26.9 Å². The number of nitrogens with zero attached hydrogens (tertiary/aromatic N) is 1. The first-order valence-corrected chi connectivity index (χ1v) is 10.8. The van der Waals surface area contributed by atoms with Crippen LogP contribution < -0.4 is 5.32 Å². The number of aromatic nitrogens is 1. The lowest BCUT2D eigenvalue weighted by molar-refractivity contribution is -0.118. The van der Waals surface area contributed by atoms with Crippen molar-refractivity contribution in [1.82, 2.24) is 10.3 Å². The second-order valence-corrected chi connectivity index (χ2v) is 8.86. The first-order chi connectivity index (χ1) is 13.7. The van der Waals surface area contributed by atoms with Gasteiger partial charge in [0.15, 0.2) is 9.84 Å². The highest BCUT2D eigenvalue weighted by atomic mass is 32.2. The Kier molecular flexibility index (Phi) is 6.12. The van der Waals surface area contributed by atoms with Crippen molar-refractivity contribution in [2.24, 2.45) is 0 Å². The van der Waals surface area contributed by atoms with Gasteiger partial charge < -0.3 is 9.73 Å².